The number of halogens is 3. The summed E-state index contributed by atoms with van der Waals surface area (Å²) >= 11 is 0. The number of nitriles is 1. The van der Waals surface area contributed by atoms with Crippen molar-refractivity contribution in [1.82, 2.24) is 4.98 Å². The molecule has 0 aliphatic heterocycles. The van der Waals surface area contributed by atoms with E-state index >= 15 is 0 Å². The van der Waals surface area contributed by atoms with Crippen LogP contribution in [0, 0.1) is 11.3 Å². The Morgan fingerprint density at radius 2 is 1.92 bits per heavy atom. The monoisotopic (exact) mass is 330 g/mol. The van der Waals surface area contributed by atoms with Gasteiger partial charge in [0.1, 0.15) is 18.4 Å². The second-order valence-electron chi connectivity index (χ2n) is 4.77. The topological polar surface area (TPSA) is 45.9 Å². The van der Waals surface area contributed by atoms with Crippen LogP contribution in [-0.2, 0) is 6.18 Å². The molecule has 2 aromatic rings. The molecule has 0 N–H and O–H groups in total. The number of pyridine rings is 1. The molecule has 0 atom stereocenters. The molecule has 0 saturated heterocycles. The average Bonchev–Trinajstić information content (AvgIpc) is 2.58. The van der Waals surface area contributed by atoms with Gasteiger partial charge in [-0.15, -0.1) is 0 Å². The Balaban J connectivity index is 2.23. The first-order valence-electron chi connectivity index (χ1n) is 6.93. The van der Waals surface area contributed by atoms with E-state index in [0.29, 0.717) is 24.1 Å². The zero-order valence-corrected chi connectivity index (χ0v) is 12.5. The third kappa shape index (κ3) is 4.46. The molecule has 122 valence electrons. The molecule has 0 spiro atoms. The van der Waals surface area contributed by atoms with Gasteiger partial charge in [0.15, 0.2) is 0 Å². The van der Waals surface area contributed by atoms with Crippen LogP contribution in [0.25, 0.3) is 11.6 Å². The summed E-state index contributed by atoms with van der Waals surface area (Å²) < 4.78 is 43.0. The molecule has 0 unspecified atom stereocenters. The number of nitrogens with zero attached hydrogens (tertiary/aromatic N) is 2. The molecule has 6 heteroatoms. The van der Waals surface area contributed by atoms with Crippen molar-refractivity contribution in [2.75, 3.05) is 6.61 Å². The molecule has 0 radical (unpaired) electrons. The lowest BCUT2D eigenvalue weighted by Crippen LogP contribution is -2.05. The van der Waals surface area contributed by atoms with Gasteiger partial charge >= 0.3 is 6.18 Å². The van der Waals surface area contributed by atoms with Crippen molar-refractivity contribution >= 4 is 11.6 Å². The fraction of sp³-hybridized carbons (Fsp3) is 0.111. The molecule has 0 bridgehead atoms. The molecule has 0 saturated carbocycles. The Hall–Kier alpha value is -3.07. The van der Waals surface area contributed by atoms with E-state index in [1.54, 1.807) is 36.4 Å². The van der Waals surface area contributed by atoms with Crippen molar-refractivity contribution in [2.24, 2.45) is 0 Å². The summed E-state index contributed by atoms with van der Waals surface area (Å²) in [5.41, 5.74) is 0.201. The minimum atomic E-state index is -4.46. The maximum atomic E-state index is 12.5. The lowest BCUT2D eigenvalue weighted by atomic mass is 10.1. The highest BCUT2D eigenvalue weighted by Gasteiger charge is 2.30. The van der Waals surface area contributed by atoms with E-state index in [-0.39, 0.29) is 11.3 Å². The third-order valence-electron chi connectivity index (χ3n) is 3.05. The van der Waals surface area contributed by atoms with Gasteiger partial charge in [0.25, 0.3) is 0 Å². The molecular weight excluding hydrogens is 317 g/mol. The number of hydrogen-bond donors (Lipinski definition) is 0. The quantitative estimate of drug-likeness (QED) is 0.588. The lowest BCUT2D eigenvalue weighted by Gasteiger charge is -2.06. The van der Waals surface area contributed by atoms with Crippen molar-refractivity contribution < 1.29 is 17.9 Å². The van der Waals surface area contributed by atoms with Gasteiger partial charge in [-0.3, -0.25) is 4.98 Å². The molecule has 3 nitrogen and oxygen atoms in total. The fourth-order valence-electron chi connectivity index (χ4n) is 1.87. The highest BCUT2D eigenvalue weighted by Crippen LogP contribution is 2.29. The van der Waals surface area contributed by atoms with E-state index in [9.17, 15) is 18.4 Å². The predicted molar refractivity (Wildman–Crippen MR) is 84.9 cm³/mol. The Labute approximate surface area is 137 Å². The Morgan fingerprint density at radius 3 is 2.42 bits per heavy atom. The lowest BCUT2D eigenvalue weighted by molar-refractivity contribution is -0.137. The molecular formula is C18H13F3N2O. The molecule has 0 fully saturated rings. The van der Waals surface area contributed by atoms with Gasteiger partial charge in [-0.25, -0.2) is 0 Å². The Bertz CT molecular complexity index is 770. The maximum Gasteiger partial charge on any atom is 0.417 e. The minimum absolute atomic E-state index is 0.170. The van der Waals surface area contributed by atoms with E-state index in [2.05, 4.69) is 11.6 Å². The minimum Gasteiger partial charge on any atom is -0.490 e. The molecule has 0 aliphatic carbocycles. The second-order valence-corrected chi connectivity index (χ2v) is 4.77. The van der Waals surface area contributed by atoms with Crippen molar-refractivity contribution in [3.63, 3.8) is 0 Å². The van der Waals surface area contributed by atoms with Crippen LogP contribution in [0.1, 0.15) is 16.8 Å². The first kappa shape index (κ1) is 17.3. The highest BCUT2D eigenvalue weighted by atomic mass is 19.4. The molecule has 24 heavy (non-hydrogen) atoms. The summed E-state index contributed by atoms with van der Waals surface area (Å²) in [6, 6.07) is 11.0. The largest absolute Gasteiger partial charge is 0.490 e. The number of alkyl halides is 3. The average molecular weight is 330 g/mol. The van der Waals surface area contributed by atoms with E-state index in [1.807, 2.05) is 6.07 Å². The third-order valence-corrected chi connectivity index (χ3v) is 3.05. The van der Waals surface area contributed by atoms with Crippen LogP contribution in [0.15, 0.2) is 55.3 Å². The summed E-state index contributed by atoms with van der Waals surface area (Å²) in [7, 11) is 0. The van der Waals surface area contributed by atoms with Crippen LogP contribution in [0.2, 0.25) is 0 Å². The van der Waals surface area contributed by atoms with Gasteiger partial charge in [-0.2, -0.15) is 18.4 Å². The van der Waals surface area contributed by atoms with Crippen molar-refractivity contribution in [1.29, 1.82) is 5.26 Å². The van der Waals surface area contributed by atoms with E-state index in [4.69, 9.17) is 4.74 Å². The number of rotatable bonds is 5. The molecule has 1 aromatic carbocycles. The van der Waals surface area contributed by atoms with Crippen molar-refractivity contribution in [3.05, 3.63) is 72.1 Å². The molecule has 0 aliphatic rings. The van der Waals surface area contributed by atoms with E-state index < -0.39 is 11.7 Å². The highest BCUT2D eigenvalue weighted by molar-refractivity contribution is 5.88. The standard InChI is InChI=1S/C18H13F3N2O/c1-2-9-24-16-6-3-13(4-7-16)10-14(11-22)17-8-5-15(12-23-17)18(19,20)21/h2-8,10,12H,1,9H2/b14-10+. The van der Waals surface area contributed by atoms with E-state index in [1.165, 1.54) is 6.07 Å². The maximum absolute atomic E-state index is 12.5. The predicted octanol–water partition coefficient (Wildman–Crippen LogP) is 4.73. The summed E-state index contributed by atoms with van der Waals surface area (Å²) in [4.78, 5) is 3.72. The van der Waals surface area contributed by atoms with Crippen LogP contribution in [0.3, 0.4) is 0 Å². The Morgan fingerprint density at radius 1 is 1.21 bits per heavy atom. The SMILES string of the molecule is C=CCOc1ccc(/C=C(\C#N)c2ccc(C(F)(F)F)cn2)cc1. The van der Waals surface area contributed by atoms with Crippen LogP contribution in [0.5, 0.6) is 5.75 Å². The summed E-state index contributed by atoms with van der Waals surface area (Å²) in [5, 5.41) is 9.22. The van der Waals surface area contributed by atoms with Gasteiger partial charge in [0.05, 0.1) is 16.8 Å². The van der Waals surface area contributed by atoms with Crippen molar-refractivity contribution in [3.8, 4) is 11.8 Å². The number of allylic oxidation sites excluding steroid dienone is 1. The van der Waals surface area contributed by atoms with Gasteiger partial charge in [-0.05, 0) is 35.9 Å². The smallest absolute Gasteiger partial charge is 0.417 e. The summed E-state index contributed by atoms with van der Waals surface area (Å²) in [6.45, 7) is 3.93. The van der Waals surface area contributed by atoms with E-state index in [0.717, 1.165) is 6.07 Å². The molecule has 2 rings (SSSR count). The first-order valence-corrected chi connectivity index (χ1v) is 6.93. The van der Waals surface area contributed by atoms with Crippen LogP contribution < -0.4 is 4.74 Å². The van der Waals surface area contributed by atoms with Crippen molar-refractivity contribution in [2.45, 2.75) is 6.18 Å². The number of benzene rings is 1. The van der Waals surface area contributed by atoms with Gasteiger partial charge < -0.3 is 4.74 Å². The Kier molecular flexibility index (Phi) is 5.38. The summed E-state index contributed by atoms with van der Waals surface area (Å²) in [6.07, 6.45) is -0.569. The van der Waals surface area contributed by atoms with Gasteiger partial charge in [-0.1, -0.05) is 24.8 Å². The number of aromatic nitrogens is 1. The number of hydrogen-bond acceptors (Lipinski definition) is 3. The van der Waals surface area contributed by atoms with Crippen LogP contribution >= 0.6 is 0 Å². The summed E-state index contributed by atoms with van der Waals surface area (Å²) in [5.74, 6) is 0.651. The zero-order valence-electron chi connectivity index (χ0n) is 12.5. The second kappa shape index (κ2) is 7.47. The van der Waals surface area contributed by atoms with Gasteiger partial charge in [0.2, 0.25) is 0 Å². The zero-order chi connectivity index (χ0) is 17.6. The molecule has 1 heterocycles. The van der Waals surface area contributed by atoms with Crippen LogP contribution in [-0.4, -0.2) is 11.6 Å². The van der Waals surface area contributed by atoms with Gasteiger partial charge in [0, 0.05) is 6.20 Å². The molecule has 0 amide bonds. The normalized spacial score (nSPS) is 11.7. The molecule has 1 aromatic heterocycles. The number of ether oxygens (including phenoxy) is 1. The van der Waals surface area contributed by atoms with Crippen LogP contribution in [0.4, 0.5) is 13.2 Å². The first-order chi connectivity index (χ1) is 11.4. The fourth-order valence-corrected chi connectivity index (χ4v) is 1.87.